The molecule has 6 nitrogen and oxygen atoms in total. The molecule has 1 aromatic carbocycles. The number of methoxy groups -OCH3 is 1. The van der Waals surface area contributed by atoms with E-state index in [9.17, 15) is 9.59 Å². The van der Waals surface area contributed by atoms with E-state index in [1.807, 2.05) is 6.92 Å². The van der Waals surface area contributed by atoms with Crippen molar-refractivity contribution in [1.82, 2.24) is 0 Å². The van der Waals surface area contributed by atoms with Crippen molar-refractivity contribution in [2.45, 2.75) is 20.0 Å². The third kappa shape index (κ3) is 3.87. The van der Waals surface area contributed by atoms with E-state index in [1.54, 1.807) is 6.07 Å². The van der Waals surface area contributed by atoms with E-state index < -0.39 is 18.0 Å². The lowest BCUT2D eigenvalue weighted by Crippen LogP contribution is -2.30. The van der Waals surface area contributed by atoms with Gasteiger partial charge in [0.1, 0.15) is 0 Å². The summed E-state index contributed by atoms with van der Waals surface area (Å²) in [7, 11) is 1.47. The lowest BCUT2D eigenvalue weighted by atomic mass is 10.2. The predicted molar refractivity (Wildman–Crippen MR) is 68.2 cm³/mol. The smallest absolute Gasteiger partial charge is 0.339 e. The van der Waals surface area contributed by atoms with Gasteiger partial charge in [-0.2, -0.15) is 0 Å². The fourth-order valence-corrected chi connectivity index (χ4v) is 1.36. The zero-order valence-corrected chi connectivity index (χ0v) is 11.1. The lowest BCUT2D eigenvalue weighted by molar-refractivity contribution is -0.125. The van der Waals surface area contributed by atoms with Crippen LogP contribution in [0.15, 0.2) is 18.2 Å². The molecule has 1 atom stereocenters. The summed E-state index contributed by atoms with van der Waals surface area (Å²) in [5.74, 6) is -0.397. The molecule has 1 unspecified atom stereocenters. The summed E-state index contributed by atoms with van der Waals surface area (Å²) in [6, 6.07) is 4.62. The molecule has 0 bridgehead atoms. The molecule has 0 heterocycles. The van der Waals surface area contributed by atoms with Crippen LogP contribution >= 0.6 is 0 Å². The molecule has 0 saturated heterocycles. The highest BCUT2D eigenvalue weighted by atomic mass is 16.5. The third-order valence-electron chi connectivity index (χ3n) is 2.38. The van der Waals surface area contributed by atoms with Crippen molar-refractivity contribution >= 4 is 11.9 Å². The standard InChI is InChI=1S/C13H17NO5/c1-4-18-10-6-5-9(7-11(10)17-3)13(16)19-8(2)12(14)15/h5-8H,4H2,1-3H3,(H2,14,15). The molecule has 0 aliphatic rings. The number of esters is 1. The van der Waals surface area contributed by atoms with Gasteiger partial charge in [0.15, 0.2) is 17.6 Å². The Morgan fingerprint density at radius 3 is 2.53 bits per heavy atom. The first-order valence-corrected chi connectivity index (χ1v) is 5.80. The molecule has 1 amide bonds. The van der Waals surface area contributed by atoms with Gasteiger partial charge in [-0.25, -0.2) is 4.79 Å². The summed E-state index contributed by atoms with van der Waals surface area (Å²) in [5, 5.41) is 0. The number of hydrogen-bond donors (Lipinski definition) is 1. The van der Waals surface area contributed by atoms with Gasteiger partial charge in [-0.05, 0) is 32.0 Å². The Bertz CT molecular complexity index is 472. The van der Waals surface area contributed by atoms with E-state index in [0.29, 0.717) is 18.1 Å². The zero-order valence-electron chi connectivity index (χ0n) is 11.1. The summed E-state index contributed by atoms with van der Waals surface area (Å²) in [6.07, 6.45) is -0.981. The van der Waals surface area contributed by atoms with Crippen LogP contribution in [0.3, 0.4) is 0 Å². The van der Waals surface area contributed by atoms with Crippen molar-refractivity contribution in [2.24, 2.45) is 5.73 Å². The molecule has 0 radical (unpaired) electrons. The van der Waals surface area contributed by atoms with Crippen LogP contribution in [-0.2, 0) is 9.53 Å². The van der Waals surface area contributed by atoms with Crippen LogP contribution in [0.4, 0.5) is 0 Å². The number of carbonyl (C=O) groups is 2. The third-order valence-corrected chi connectivity index (χ3v) is 2.38. The van der Waals surface area contributed by atoms with Crippen molar-refractivity contribution < 1.29 is 23.8 Å². The number of ether oxygens (including phenoxy) is 3. The molecule has 104 valence electrons. The van der Waals surface area contributed by atoms with E-state index in [-0.39, 0.29) is 5.56 Å². The minimum absolute atomic E-state index is 0.258. The zero-order chi connectivity index (χ0) is 14.4. The number of hydrogen-bond acceptors (Lipinski definition) is 5. The van der Waals surface area contributed by atoms with Crippen molar-refractivity contribution in [3.05, 3.63) is 23.8 Å². The van der Waals surface area contributed by atoms with Crippen molar-refractivity contribution in [1.29, 1.82) is 0 Å². The van der Waals surface area contributed by atoms with Gasteiger partial charge in [0.2, 0.25) is 0 Å². The highest BCUT2D eigenvalue weighted by molar-refractivity contribution is 5.92. The van der Waals surface area contributed by atoms with Crippen LogP contribution in [0.2, 0.25) is 0 Å². The maximum Gasteiger partial charge on any atom is 0.339 e. The molecule has 0 aliphatic carbocycles. The van der Waals surface area contributed by atoms with Crippen LogP contribution < -0.4 is 15.2 Å². The first-order valence-electron chi connectivity index (χ1n) is 5.80. The number of primary amides is 1. The van der Waals surface area contributed by atoms with E-state index in [1.165, 1.54) is 26.2 Å². The fraction of sp³-hybridized carbons (Fsp3) is 0.385. The SMILES string of the molecule is CCOc1ccc(C(=O)OC(C)C(N)=O)cc1OC. The molecule has 0 aromatic heterocycles. The Morgan fingerprint density at radius 1 is 1.32 bits per heavy atom. The molecule has 1 aromatic rings. The molecular formula is C13H17NO5. The van der Waals surface area contributed by atoms with Crippen LogP contribution in [-0.4, -0.2) is 31.7 Å². The van der Waals surface area contributed by atoms with Gasteiger partial charge < -0.3 is 19.9 Å². The number of benzene rings is 1. The second-order valence-electron chi connectivity index (χ2n) is 3.75. The normalized spacial score (nSPS) is 11.5. The van der Waals surface area contributed by atoms with Gasteiger partial charge in [-0.15, -0.1) is 0 Å². The second kappa shape index (κ2) is 6.63. The molecular weight excluding hydrogens is 250 g/mol. The Kier molecular flexibility index (Phi) is 5.17. The van der Waals surface area contributed by atoms with Gasteiger partial charge >= 0.3 is 5.97 Å². The summed E-state index contributed by atoms with van der Waals surface area (Å²) in [4.78, 5) is 22.6. The van der Waals surface area contributed by atoms with Crippen LogP contribution in [0.1, 0.15) is 24.2 Å². The monoisotopic (exact) mass is 267 g/mol. The summed E-state index contributed by atoms with van der Waals surface area (Å²) < 4.78 is 15.3. The molecule has 0 aliphatic heterocycles. The van der Waals surface area contributed by atoms with Gasteiger partial charge in [0.05, 0.1) is 19.3 Å². The van der Waals surface area contributed by atoms with E-state index in [4.69, 9.17) is 19.9 Å². The number of nitrogens with two attached hydrogens (primary N) is 1. The van der Waals surface area contributed by atoms with Crippen LogP contribution in [0.5, 0.6) is 11.5 Å². The Balaban J connectivity index is 2.89. The molecule has 2 N–H and O–H groups in total. The predicted octanol–water partition coefficient (Wildman–Crippen LogP) is 1.12. The lowest BCUT2D eigenvalue weighted by Gasteiger charge is -2.12. The average molecular weight is 267 g/mol. The largest absolute Gasteiger partial charge is 0.493 e. The van der Waals surface area contributed by atoms with E-state index in [0.717, 1.165) is 0 Å². The van der Waals surface area contributed by atoms with Crippen molar-refractivity contribution in [3.8, 4) is 11.5 Å². The Labute approximate surface area is 111 Å². The number of rotatable bonds is 6. The molecule has 6 heteroatoms. The topological polar surface area (TPSA) is 87.9 Å². The van der Waals surface area contributed by atoms with Crippen molar-refractivity contribution in [2.75, 3.05) is 13.7 Å². The molecule has 0 fully saturated rings. The highest BCUT2D eigenvalue weighted by Crippen LogP contribution is 2.28. The number of amides is 1. The van der Waals surface area contributed by atoms with Gasteiger partial charge in [0, 0.05) is 0 Å². The Hall–Kier alpha value is -2.24. The van der Waals surface area contributed by atoms with Crippen LogP contribution in [0.25, 0.3) is 0 Å². The maximum absolute atomic E-state index is 11.8. The highest BCUT2D eigenvalue weighted by Gasteiger charge is 2.17. The minimum atomic E-state index is -0.981. The van der Waals surface area contributed by atoms with Gasteiger partial charge in [0.25, 0.3) is 5.91 Å². The summed E-state index contributed by atoms with van der Waals surface area (Å²) in [6.45, 7) is 3.74. The molecule has 0 spiro atoms. The number of carbonyl (C=O) groups excluding carboxylic acids is 2. The summed E-state index contributed by atoms with van der Waals surface area (Å²) >= 11 is 0. The van der Waals surface area contributed by atoms with E-state index in [2.05, 4.69) is 0 Å². The average Bonchev–Trinajstić information content (AvgIpc) is 2.39. The fourth-order valence-electron chi connectivity index (χ4n) is 1.36. The minimum Gasteiger partial charge on any atom is -0.493 e. The first kappa shape index (κ1) is 14.8. The molecule has 0 saturated carbocycles. The van der Waals surface area contributed by atoms with Crippen LogP contribution in [0, 0.1) is 0 Å². The van der Waals surface area contributed by atoms with E-state index >= 15 is 0 Å². The Morgan fingerprint density at radius 2 is 2.00 bits per heavy atom. The second-order valence-corrected chi connectivity index (χ2v) is 3.75. The van der Waals surface area contributed by atoms with Gasteiger partial charge in [-0.1, -0.05) is 0 Å². The molecule has 19 heavy (non-hydrogen) atoms. The van der Waals surface area contributed by atoms with Gasteiger partial charge in [-0.3, -0.25) is 4.79 Å². The van der Waals surface area contributed by atoms with Crippen molar-refractivity contribution in [3.63, 3.8) is 0 Å². The quantitative estimate of drug-likeness (QED) is 0.780. The summed E-state index contributed by atoms with van der Waals surface area (Å²) in [5.41, 5.74) is 5.28. The maximum atomic E-state index is 11.8. The molecule has 1 rings (SSSR count). The first-order chi connectivity index (χ1) is 8.99.